The predicted octanol–water partition coefficient (Wildman–Crippen LogP) is 1.99. The van der Waals surface area contributed by atoms with E-state index in [1.54, 1.807) is 0 Å². The molecule has 9 nitrogen and oxygen atoms in total. The fourth-order valence-electron chi connectivity index (χ4n) is 2.39. The van der Waals surface area contributed by atoms with Crippen LogP contribution in [0.15, 0.2) is 53.4 Å². The van der Waals surface area contributed by atoms with Crippen LogP contribution in [0.5, 0.6) is 5.75 Å². The van der Waals surface area contributed by atoms with Crippen LogP contribution in [-0.2, 0) is 26.2 Å². The number of benzene rings is 2. The maximum absolute atomic E-state index is 12.1. The highest BCUT2D eigenvalue weighted by atomic mass is 32.2. The Hall–Kier alpha value is -3.11. The Morgan fingerprint density at radius 2 is 1.83 bits per heavy atom. The molecular formula is C19H23N3O6S. The highest BCUT2D eigenvalue weighted by Crippen LogP contribution is 2.27. The summed E-state index contributed by atoms with van der Waals surface area (Å²) in [6.07, 6.45) is -0.109. The number of carbonyl (C=O) groups excluding carboxylic acids is 2. The third kappa shape index (κ3) is 7.43. The first kappa shape index (κ1) is 22.2. The molecule has 0 saturated carbocycles. The second-order valence-electron chi connectivity index (χ2n) is 6.05. The summed E-state index contributed by atoms with van der Waals surface area (Å²) in [5.74, 6) is -0.0670. The van der Waals surface area contributed by atoms with Crippen molar-refractivity contribution in [2.24, 2.45) is 5.14 Å². The number of carbonyl (C=O) groups is 2. The summed E-state index contributed by atoms with van der Waals surface area (Å²) in [4.78, 5) is 23.6. The quantitative estimate of drug-likeness (QED) is 0.530. The van der Waals surface area contributed by atoms with Crippen LogP contribution in [0, 0.1) is 0 Å². The summed E-state index contributed by atoms with van der Waals surface area (Å²) in [6, 6.07) is 13.2. The zero-order valence-corrected chi connectivity index (χ0v) is 16.7. The molecule has 0 atom stereocenters. The normalized spacial score (nSPS) is 10.8. The standard InChI is InChI=1S/C19H23N3O6S/c1-27-17-10-9-15(29(20,25)26)12-16(17)22-18(23)8-5-11-21-19(24)28-13-14-6-3-2-4-7-14/h2-4,6-7,9-10,12H,5,8,11,13H2,1H3,(H,21,24)(H,22,23)(H2,20,25,26). The van der Waals surface area contributed by atoms with Gasteiger partial charge in [-0.2, -0.15) is 0 Å². The molecule has 0 saturated heterocycles. The SMILES string of the molecule is COc1ccc(S(N)(=O)=O)cc1NC(=O)CCCNC(=O)OCc1ccccc1. The molecule has 156 valence electrons. The first-order valence-corrected chi connectivity index (χ1v) is 10.3. The Balaban J connectivity index is 1.76. The topological polar surface area (TPSA) is 137 Å². The summed E-state index contributed by atoms with van der Waals surface area (Å²) < 4.78 is 33.1. The third-order valence-electron chi connectivity index (χ3n) is 3.84. The van der Waals surface area contributed by atoms with Crippen molar-refractivity contribution in [2.75, 3.05) is 19.0 Å². The van der Waals surface area contributed by atoms with Crippen LogP contribution in [0.3, 0.4) is 0 Å². The van der Waals surface area contributed by atoms with Gasteiger partial charge in [-0.3, -0.25) is 4.79 Å². The molecule has 0 heterocycles. The van der Waals surface area contributed by atoms with Gasteiger partial charge in [-0.1, -0.05) is 30.3 Å². The van der Waals surface area contributed by atoms with Crippen molar-refractivity contribution in [3.63, 3.8) is 0 Å². The van der Waals surface area contributed by atoms with E-state index in [0.717, 1.165) is 5.56 Å². The first-order valence-electron chi connectivity index (χ1n) is 8.75. The average molecular weight is 421 g/mol. The smallest absolute Gasteiger partial charge is 0.407 e. The van der Waals surface area contributed by atoms with Gasteiger partial charge >= 0.3 is 6.09 Å². The molecule has 2 amide bonds. The lowest BCUT2D eigenvalue weighted by Crippen LogP contribution is -2.26. The zero-order valence-electron chi connectivity index (χ0n) is 15.9. The molecule has 0 bridgehead atoms. The lowest BCUT2D eigenvalue weighted by molar-refractivity contribution is -0.116. The summed E-state index contributed by atoms with van der Waals surface area (Å²) >= 11 is 0. The minimum Gasteiger partial charge on any atom is -0.495 e. The molecule has 2 rings (SSSR count). The molecule has 29 heavy (non-hydrogen) atoms. The van der Waals surface area contributed by atoms with Crippen molar-refractivity contribution in [3.8, 4) is 5.75 Å². The Morgan fingerprint density at radius 3 is 2.48 bits per heavy atom. The number of ether oxygens (including phenoxy) is 2. The summed E-state index contributed by atoms with van der Waals surface area (Å²) in [5, 5.41) is 10.2. The fraction of sp³-hybridized carbons (Fsp3) is 0.263. The molecule has 0 unspecified atom stereocenters. The Kier molecular flexibility index (Phi) is 7.98. The maximum atomic E-state index is 12.1. The van der Waals surface area contributed by atoms with Gasteiger partial charge < -0.3 is 20.1 Å². The van der Waals surface area contributed by atoms with E-state index in [2.05, 4.69) is 10.6 Å². The van der Waals surface area contributed by atoms with E-state index in [-0.39, 0.29) is 36.1 Å². The molecule has 0 radical (unpaired) electrons. The lowest BCUT2D eigenvalue weighted by Gasteiger charge is -2.12. The van der Waals surface area contributed by atoms with E-state index in [4.69, 9.17) is 14.6 Å². The predicted molar refractivity (Wildman–Crippen MR) is 107 cm³/mol. The molecule has 4 N–H and O–H groups in total. The average Bonchev–Trinajstić information content (AvgIpc) is 2.69. The number of hydrogen-bond donors (Lipinski definition) is 3. The Morgan fingerprint density at radius 1 is 1.10 bits per heavy atom. The zero-order chi connectivity index (χ0) is 21.3. The van der Waals surface area contributed by atoms with Gasteiger partial charge in [0, 0.05) is 13.0 Å². The summed E-state index contributed by atoms with van der Waals surface area (Å²) in [7, 11) is -2.51. The monoisotopic (exact) mass is 421 g/mol. The van der Waals surface area contributed by atoms with Gasteiger partial charge in [0.25, 0.3) is 0 Å². The Labute approximate surface area is 169 Å². The molecule has 2 aromatic rings. The van der Waals surface area contributed by atoms with Crippen LogP contribution < -0.4 is 20.5 Å². The number of rotatable bonds is 9. The largest absolute Gasteiger partial charge is 0.495 e. The number of hydrogen-bond acceptors (Lipinski definition) is 6. The molecular weight excluding hydrogens is 398 g/mol. The number of nitrogens with one attached hydrogen (secondary N) is 2. The molecule has 10 heteroatoms. The highest BCUT2D eigenvalue weighted by molar-refractivity contribution is 7.89. The van der Waals surface area contributed by atoms with Gasteiger partial charge in [-0.05, 0) is 30.2 Å². The van der Waals surface area contributed by atoms with Gasteiger partial charge in [0.1, 0.15) is 12.4 Å². The van der Waals surface area contributed by atoms with Gasteiger partial charge in [-0.15, -0.1) is 0 Å². The van der Waals surface area contributed by atoms with Crippen LogP contribution in [0.4, 0.5) is 10.5 Å². The van der Waals surface area contributed by atoms with E-state index >= 15 is 0 Å². The van der Waals surface area contributed by atoms with Crippen molar-refractivity contribution in [1.29, 1.82) is 0 Å². The van der Waals surface area contributed by atoms with Crippen LogP contribution >= 0.6 is 0 Å². The second-order valence-corrected chi connectivity index (χ2v) is 7.61. The molecule has 0 aliphatic heterocycles. The van der Waals surface area contributed by atoms with Gasteiger partial charge in [0.15, 0.2) is 0 Å². The number of primary sulfonamides is 1. The minimum atomic E-state index is -3.91. The van der Waals surface area contributed by atoms with Crippen LogP contribution in [-0.4, -0.2) is 34.1 Å². The van der Waals surface area contributed by atoms with Crippen molar-refractivity contribution in [2.45, 2.75) is 24.3 Å². The van der Waals surface area contributed by atoms with Gasteiger partial charge in [0.05, 0.1) is 17.7 Å². The van der Waals surface area contributed by atoms with Crippen molar-refractivity contribution >= 4 is 27.7 Å². The molecule has 0 aliphatic carbocycles. The van der Waals surface area contributed by atoms with Crippen LogP contribution in [0.25, 0.3) is 0 Å². The van der Waals surface area contributed by atoms with Crippen LogP contribution in [0.2, 0.25) is 0 Å². The maximum Gasteiger partial charge on any atom is 0.407 e. The number of amides is 2. The number of sulfonamides is 1. The van der Waals surface area contributed by atoms with E-state index in [1.165, 1.54) is 25.3 Å². The first-order chi connectivity index (χ1) is 13.8. The number of alkyl carbamates (subject to hydrolysis) is 1. The minimum absolute atomic E-state index is 0.0989. The summed E-state index contributed by atoms with van der Waals surface area (Å²) in [6.45, 7) is 0.405. The van der Waals surface area contributed by atoms with E-state index < -0.39 is 16.1 Å². The lowest BCUT2D eigenvalue weighted by atomic mass is 10.2. The van der Waals surface area contributed by atoms with E-state index in [9.17, 15) is 18.0 Å². The molecule has 0 aliphatic rings. The highest BCUT2D eigenvalue weighted by Gasteiger charge is 2.14. The van der Waals surface area contributed by atoms with Gasteiger partial charge in [0.2, 0.25) is 15.9 Å². The van der Waals surface area contributed by atoms with Crippen molar-refractivity contribution in [1.82, 2.24) is 5.32 Å². The van der Waals surface area contributed by atoms with Crippen molar-refractivity contribution in [3.05, 3.63) is 54.1 Å². The van der Waals surface area contributed by atoms with E-state index in [1.807, 2.05) is 30.3 Å². The summed E-state index contributed by atoms with van der Waals surface area (Å²) in [5.41, 5.74) is 1.07. The number of nitrogens with two attached hydrogens (primary N) is 1. The van der Waals surface area contributed by atoms with Crippen molar-refractivity contribution < 1.29 is 27.5 Å². The molecule has 0 fully saturated rings. The van der Waals surface area contributed by atoms with Crippen LogP contribution in [0.1, 0.15) is 18.4 Å². The number of methoxy groups -OCH3 is 1. The molecule has 0 spiro atoms. The fourth-order valence-corrected chi connectivity index (χ4v) is 2.93. The number of anilines is 1. The third-order valence-corrected chi connectivity index (χ3v) is 4.75. The Bertz CT molecular complexity index is 948. The van der Waals surface area contributed by atoms with E-state index in [0.29, 0.717) is 12.2 Å². The molecule has 2 aromatic carbocycles. The van der Waals surface area contributed by atoms with Gasteiger partial charge in [-0.25, -0.2) is 18.4 Å². The molecule has 0 aromatic heterocycles. The second kappa shape index (κ2) is 10.4.